The van der Waals surface area contributed by atoms with Crippen LogP contribution in [-0.2, 0) is 19.1 Å². The maximum Gasteiger partial charge on any atom is 0.420 e. The molecule has 0 spiro atoms. The van der Waals surface area contributed by atoms with Crippen LogP contribution in [-0.4, -0.2) is 41.3 Å². The molecule has 0 radical (unpaired) electrons. The fourth-order valence-electron chi connectivity index (χ4n) is 5.26. The first-order valence-electron chi connectivity index (χ1n) is 18.4. The van der Waals surface area contributed by atoms with Gasteiger partial charge in [0, 0.05) is 25.0 Å². The number of carbonyl (C=O) groups is 3. The molecule has 0 aromatic heterocycles. The Hall–Kier alpha value is -3.17. The lowest BCUT2D eigenvalue weighted by atomic mass is 10.1. The molecule has 0 aliphatic rings. The number of hydrogen-bond donors (Lipinski definition) is 0. The first-order valence-corrected chi connectivity index (χ1v) is 18.4. The predicted molar refractivity (Wildman–Crippen MR) is 185 cm³/mol. The molecule has 1 aromatic rings. The molecule has 1 aromatic carbocycles. The van der Waals surface area contributed by atoms with Gasteiger partial charge in [0.15, 0.2) is 13.5 Å². The van der Waals surface area contributed by atoms with Crippen molar-refractivity contribution in [2.45, 2.75) is 168 Å². The van der Waals surface area contributed by atoms with Gasteiger partial charge in [-0.15, -0.1) is 0 Å². The smallest absolute Gasteiger partial charge is 0.420 e. The summed E-state index contributed by atoms with van der Waals surface area (Å²) in [5.74, 6) is -0.812. The van der Waals surface area contributed by atoms with Crippen molar-refractivity contribution in [3.05, 3.63) is 34.4 Å². The largest absolute Gasteiger partial charge is 0.444 e. The Balaban J connectivity index is 2.39. The highest BCUT2D eigenvalue weighted by Crippen LogP contribution is 2.19. The van der Waals surface area contributed by atoms with E-state index < -0.39 is 36.4 Å². The number of hydrogen-bond acceptors (Lipinski definition) is 8. The Kier molecular flexibility index (Phi) is 25.8. The summed E-state index contributed by atoms with van der Waals surface area (Å²) >= 11 is 0. The molecule has 0 N–H and O–H groups in total. The van der Waals surface area contributed by atoms with Gasteiger partial charge in [-0.3, -0.25) is 19.7 Å². The normalized spacial score (nSPS) is 10.9. The first kappa shape index (κ1) is 41.9. The first-order chi connectivity index (χ1) is 22.9. The van der Waals surface area contributed by atoms with E-state index in [2.05, 4.69) is 13.8 Å². The summed E-state index contributed by atoms with van der Waals surface area (Å²) in [7, 11) is 0. The van der Waals surface area contributed by atoms with E-state index in [4.69, 9.17) is 14.2 Å². The third-order valence-corrected chi connectivity index (χ3v) is 8.24. The molecule has 268 valence electrons. The van der Waals surface area contributed by atoms with E-state index in [1.807, 2.05) is 0 Å². The fourth-order valence-corrected chi connectivity index (χ4v) is 5.26. The van der Waals surface area contributed by atoms with Crippen LogP contribution in [0.1, 0.15) is 168 Å². The molecular weight excluding hydrogens is 600 g/mol. The molecule has 0 aliphatic carbocycles. The number of amides is 1. The fraction of sp³-hybridized carbons (Fsp3) is 0.757. The van der Waals surface area contributed by atoms with E-state index in [0.29, 0.717) is 12.8 Å². The van der Waals surface area contributed by atoms with Gasteiger partial charge in [-0.2, -0.15) is 0 Å². The second-order valence-electron chi connectivity index (χ2n) is 12.5. The zero-order chi connectivity index (χ0) is 34.4. The molecule has 1 rings (SSSR count). The van der Waals surface area contributed by atoms with Crippen molar-refractivity contribution in [2.24, 2.45) is 0 Å². The van der Waals surface area contributed by atoms with Crippen LogP contribution in [0.3, 0.4) is 0 Å². The molecule has 0 heterocycles. The van der Waals surface area contributed by atoms with Crippen molar-refractivity contribution in [3.8, 4) is 5.75 Å². The molecular formula is C37H62N2O8. The predicted octanol–water partition coefficient (Wildman–Crippen LogP) is 10.8. The van der Waals surface area contributed by atoms with Crippen LogP contribution in [0.15, 0.2) is 24.3 Å². The van der Waals surface area contributed by atoms with Crippen LogP contribution < -0.4 is 4.74 Å². The summed E-state index contributed by atoms with van der Waals surface area (Å²) in [6.45, 7) is 3.58. The highest BCUT2D eigenvalue weighted by molar-refractivity contribution is 5.73. The third kappa shape index (κ3) is 23.8. The number of benzene rings is 1. The Bertz CT molecular complexity index is 928. The number of nitro benzene ring substituents is 1. The molecule has 0 bridgehead atoms. The van der Waals surface area contributed by atoms with E-state index in [0.717, 1.165) is 43.4 Å². The maximum atomic E-state index is 12.9. The molecule has 0 unspecified atom stereocenters. The molecule has 0 atom stereocenters. The second-order valence-corrected chi connectivity index (χ2v) is 12.5. The molecule has 47 heavy (non-hydrogen) atoms. The van der Waals surface area contributed by atoms with Gasteiger partial charge in [0.2, 0.25) is 0 Å². The monoisotopic (exact) mass is 662 g/mol. The van der Waals surface area contributed by atoms with Crippen molar-refractivity contribution in [2.75, 3.05) is 13.5 Å². The van der Waals surface area contributed by atoms with Crippen LogP contribution >= 0.6 is 0 Å². The minimum absolute atomic E-state index is 0.0742. The quantitative estimate of drug-likeness (QED) is 0.0262. The van der Waals surface area contributed by atoms with Crippen LogP contribution in [0.5, 0.6) is 5.75 Å². The molecule has 1 amide bonds. The SMILES string of the molecule is CCCCCCCCCCCCCC(=O)OCN(COC(=O)CCCCCCCCCCCCC)C(=O)Oc1ccc([N+](=O)[O-])cc1. The lowest BCUT2D eigenvalue weighted by Gasteiger charge is -2.21. The van der Waals surface area contributed by atoms with Gasteiger partial charge in [-0.25, -0.2) is 9.69 Å². The summed E-state index contributed by atoms with van der Waals surface area (Å²) in [6, 6.07) is 5.03. The van der Waals surface area contributed by atoms with E-state index >= 15 is 0 Å². The van der Waals surface area contributed by atoms with Crippen LogP contribution in [0, 0.1) is 10.1 Å². The van der Waals surface area contributed by atoms with Gasteiger partial charge in [-0.1, -0.05) is 142 Å². The summed E-state index contributed by atoms with van der Waals surface area (Å²) in [5.41, 5.74) is -0.144. The molecule has 0 aliphatic heterocycles. The van der Waals surface area contributed by atoms with Crippen molar-refractivity contribution in [1.29, 1.82) is 0 Å². The van der Waals surface area contributed by atoms with Crippen LogP contribution in [0.2, 0.25) is 0 Å². The van der Waals surface area contributed by atoms with Gasteiger partial charge >= 0.3 is 18.0 Å². The lowest BCUT2D eigenvalue weighted by molar-refractivity contribution is -0.384. The number of rotatable bonds is 30. The number of esters is 2. The summed E-state index contributed by atoms with van der Waals surface area (Å²) < 4.78 is 15.9. The van der Waals surface area contributed by atoms with Crippen molar-refractivity contribution in [1.82, 2.24) is 4.90 Å². The average Bonchev–Trinajstić information content (AvgIpc) is 3.06. The van der Waals surface area contributed by atoms with Crippen molar-refractivity contribution >= 4 is 23.7 Å². The number of nitro groups is 1. The van der Waals surface area contributed by atoms with E-state index in [-0.39, 0.29) is 24.3 Å². The van der Waals surface area contributed by atoms with Crippen molar-refractivity contribution in [3.63, 3.8) is 0 Å². The van der Waals surface area contributed by atoms with Crippen LogP contribution in [0.4, 0.5) is 10.5 Å². The minimum atomic E-state index is -0.899. The van der Waals surface area contributed by atoms with Gasteiger partial charge < -0.3 is 14.2 Å². The Morgan fingerprint density at radius 2 is 0.915 bits per heavy atom. The molecule has 0 saturated heterocycles. The van der Waals surface area contributed by atoms with Crippen LogP contribution in [0.25, 0.3) is 0 Å². The second kappa shape index (κ2) is 29.0. The van der Waals surface area contributed by atoms with E-state index in [9.17, 15) is 24.5 Å². The zero-order valence-corrected chi connectivity index (χ0v) is 29.4. The number of carbonyl (C=O) groups excluding carboxylic acids is 3. The van der Waals surface area contributed by atoms with Gasteiger partial charge in [0.05, 0.1) is 4.92 Å². The number of nitrogens with zero attached hydrogens (tertiary/aromatic N) is 2. The van der Waals surface area contributed by atoms with Gasteiger partial charge in [0.1, 0.15) is 5.75 Å². The summed E-state index contributed by atoms with van der Waals surface area (Å²) in [5, 5.41) is 10.9. The maximum absolute atomic E-state index is 12.9. The summed E-state index contributed by atoms with van der Waals surface area (Å²) in [6.07, 6.45) is 25.4. The average molecular weight is 663 g/mol. The number of ether oxygens (including phenoxy) is 3. The highest BCUT2D eigenvalue weighted by atomic mass is 16.6. The summed E-state index contributed by atoms with van der Waals surface area (Å²) in [4.78, 5) is 49.0. The number of non-ortho nitro benzene ring substituents is 1. The Labute approximate surface area is 283 Å². The molecule has 10 heteroatoms. The van der Waals surface area contributed by atoms with E-state index in [1.54, 1.807) is 0 Å². The Morgan fingerprint density at radius 3 is 1.26 bits per heavy atom. The topological polar surface area (TPSA) is 125 Å². The Morgan fingerprint density at radius 1 is 0.574 bits per heavy atom. The van der Waals surface area contributed by atoms with Gasteiger partial charge in [0.25, 0.3) is 5.69 Å². The molecule has 10 nitrogen and oxygen atoms in total. The van der Waals surface area contributed by atoms with E-state index in [1.165, 1.54) is 114 Å². The number of unbranched alkanes of at least 4 members (excludes halogenated alkanes) is 20. The molecule has 0 saturated carbocycles. The standard InChI is InChI=1S/C37H62N2O8/c1-3-5-7-9-11-13-15-17-19-21-23-25-35(40)45-31-38(37(42)47-34-29-27-33(28-30-34)39(43)44)32-46-36(41)26-24-22-20-18-16-14-12-10-8-6-4-2/h27-30H,3-26,31-32H2,1-2H3. The third-order valence-electron chi connectivity index (χ3n) is 8.24. The van der Waals surface area contributed by atoms with Gasteiger partial charge in [-0.05, 0) is 25.0 Å². The van der Waals surface area contributed by atoms with Crippen molar-refractivity contribution < 1.29 is 33.5 Å². The lowest BCUT2D eigenvalue weighted by Crippen LogP contribution is -2.38. The molecule has 0 fully saturated rings. The minimum Gasteiger partial charge on any atom is -0.444 e. The highest BCUT2D eigenvalue weighted by Gasteiger charge is 2.20. The zero-order valence-electron chi connectivity index (χ0n) is 29.4.